The first-order valence-electron chi connectivity index (χ1n) is 7.00. The standard InChI is InChI=1S/C15H20BClO4/c1-6-19-13(18)11-8-7-10(17)9-12(11)16-20-14(2,3)15(4,5)21-16/h7-9H,6H2,1-5H3. The Balaban J connectivity index is 2.40. The maximum atomic E-state index is 12.1. The highest BCUT2D eigenvalue weighted by molar-refractivity contribution is 6.64. The smallest absolute Gasteiger partial charge is 0.462 e. The van der Waals surface area contributed by atoms with E-state index in [0.717, 1.165) is 0 Å². The summed E-state index contributed by atoms with van der Waals surface area (Å²) < 4.78 is 17.0. The van der Waals surface area contributed by atoms with Crippen LogP contribution in [0.4, 0.5) is 0 Å². The molecule has 0 spiro atoms. The van der Waals surface area contributed by atoms with Crippen LogP contribution in [0.2, 0.25) is 5.02 Å². The van der Waals surface area contributed by atoms with Gasteiger partial charge in [0.1, 0.15) is 0 Å². The Morgan fingerprint density at radius 2 is 1.81 bits per heavy atom. The van der Waals surface area contributed by atoms with E-state index < -0.39 is 24.3 Å². The van der Waals surface area contributed by atoms with Gasteiger partial charge in [0.15, 0.2) is 0 Å². The summed E-state index contributed by atoms with van der Waals surface area (Å²) in [5.41, 5.74) is 0.0528. The van der Waals surface area contributed by atoms with Gasteiger partial charge in [0, 0.05) is 5.02 Å². The highest BCUT2D eigenvalue weighted by atomic mass is 35.5. The lowest BCUT2D eigenvalue weighted by atomic mass is 9.76. The molecule has 0 aromatic heterocycles. The van der Waals surface area contributed by atoms with Crippen LogP contribution in [0, 0.1) is 0 Å². The number of hydrogen-bond donors (Lipinski definition) is 0. The second kappa shape index (κ2) is 5.63. The molecule has 0 unspecified atom stereocenters. The number of benzene rings is 1. The highest BCUT2D eigenvalue weighted by Gasteiger charge is 2.52. The Hall–Kier alpha value is -1.04. The van der Waals surface area contributed by atoms with Gasteiger partial charge in [0.25, 0.3) is 0 Å². The molecule has 0 N–H and O–H groups in total. The molecule has 114 valence electrons. The van der Waals surface area contributed by atoms with Crippen molar-refractivity contribution in [1.82, 2.24) is 0 Å². The summed E-state index contributed by atoms with van der Waals surface area (Å²) in [6, 6.07) is 4.99. The van der Waals surface area contributed by atoms with Gasteiger partial charge in [-0.25, -0.2) is 4.79 Å². The van der Waals surface area contributed by atoms with E-state index >= 15 is 0 Å². The van der Waals surface area contributed by atoms with Crippen LogP contribution in [0.15, 0.2) is 18.2 Å². The van der Waals surface area contributed by atoms with E-state index in [0.29, 0.717) is 22.7 Å². The molecule has 0 amide bonds. The predicted molar refractivity (Wildman–Crippen MR) is 83.1 cm³/mol. The molecule has 0 bridgehead atoms. The average molecular weight is 311 g/mol. The lowest BCUT2D eigenvalue weighted by Gasteiger charge is -2.32. The van der Waals surface area contributed by atoms with Crippen LogP contribution in [0.3, 0.4) is 0 Å². The third-order valence-corrected chi connectivity index (χ3v) is 4.25. The summed E-state index contributed by atoms with van der Waals surface area (Å²) in [5, 5.41) is 0.521. The molecule has 0 radical (unpaired) electrons. The minimum Gasteiger partial charge on any atom is -0.462 e. The minimum atomic E-state index is -0.645. The van der Waals surface area contributed by atoms with Crippen LogP contribution >= 0.6 is 11.6 Å². The van der Waals surface area contributed by atoms with Crippen molar-refractivity contribution in [3.05, 3.63) is 28.8 Å². The Kier molecular flexibility index (Phi) is 4.38. The normalized spacial score (nSPS) is 19.6. The van der Waals surface area contributed by atoms with E-state index in [1.807, 2.05) is 27.7 Å². The van der Waals surface area contributed by atoms with Crippen LogP contribution in [-0.4, -0.2) is 30.9 Å². The second-order valence-corrected chi connectivity index (χ2v) is 6.48. The van der Waals surface area contributed by atoms with E-state index in [1.54, 1.807) is 25.1 Å². The van der Waals surface area contributed by atoms with Crippen molar-refractivity contribution in [1.29, 1.82) is 0 Å². The predicted octanol–water partition coefficient (Wildman–Crippen LogP) is 2.82. The lowest BCUT2D eigenvalue weighted by molar-refractivity contribution is 0.00578. The summed E-state index contributed by atoms with van der Waals surface area (Å²) in [6.07, 6.45) is 0. The molecule has 1 aromatic rings. The number of esters is 1. The molecule has 0 saturated carbocycles. The van der Waals surface area contributed by atoms with Gasteiger partial charge in [-0.15, -0.1) is 0 Å². The van der Waals surface area contributed by atoms with Crippen LogP contribution in [-0.2, 0) is 14.0 Å². The van der Waals surface area contributed by atoms with Crippen molar-refractivity contribution in [2.75, 3.05) is 6.61 Å². The topological polar surface area (TPSA) is 44.8 Å². The van der Waals surface area contributed by atoms with Gasteiger partial charge in [0.2, 0.25) is 0 Å². The zero-order valence-electron chi connectivity index (χ0n) is 13.0. The summed E-state index contributed by atoms with van der Waals surface area (Å²) in [7, 11) is -0.645. The van der Waals surface area contributed by atoms with Gasteiger partial charge in [-0.3, -0.25) is 0 Å². The fraction of sp³-hybridized carbons (Fsp3) is 0.533. The Morgan fingerprint density at radius 1 is 1.24 bits per heavy atom. The maximum Gasteiger partial charge on any atom is 0.495 e. The molecule has 0 aliphatic carbocycles. The van der Waals surface area contributed by atoms with Gasteiger partial charge in [-0.1, -0.05) is 11.6 Å². The molecule has 2 rings (SSSR count). The van der Waals surface area contributed by atoms with Gasteiger partial charge in [-0.05, 0) is 58.3 Å². The monoisotopic (exact) mass is 310 g/mol. The molecule has 1 aromatic carbocycles. The maximum absolute atomic E-state index is 12.1. The Labute approximate surface area is 130 Å². The zero-order chi connectivity index (χ0) is 15.8. The molecule has 21 heavy (non-hydrogen) atoms. The number of carbonyl (C=O) groups excluding carboxylic acids is 1. The molecule has 1 heterocycles. The largest absolute Gasteiger partial charge is 0.495 e. The second-order valence-electron chi connectivity index (χ2n) is 6.04. The number of halogens is 1. The van der Waals surface area contributed by atoms with E-state index in [2.05, 4.69) is 0 Å². The molecule has 6 heteroatoms. The molecule has 1 aliphatic heterocycles. The molecule has 1 saturated heterocycles. The molecular weight excluding hydrogens is 290 g/mol. The first kappa shape index (κ1) is 16.3. The lowest BCUT2D eigenvalue weighted by Crippen LogP contribution is -2.41. The Morgan fingerprint density at radius 3 is 2.33 bits per heavy atom. The first-order valence-corrected chi connectivity index (χ1v) is 7.38. The molecule has 4 nitrogen and oxygen atoms in total. The minimum absolute atomic E-state index is 0.310. The number of rotatable bonds is 3. The van der Waals surface area contributed by atoms with E-state index in [-0.39, 0.29) is 0 Å². The van der Waals surface area contributed by atoms with E-state index in [9.17, 15) is 4.79 Å². The van der Waals surface area contributed by atoms with Crippen molar-refractivity contribution < 1.29 is 18.8 Å². The number of hydrogen-bond acceptors (Lipinski definition) is 4. The average Bonchev–Trinajstić information content (AvgIpc) is 2.58. The third-order valence-electron chi connectivity index (χ3n) is 4.02. The number of carbonyl (C=O) groups is 1. The van der Waals surface area contributed by atoms with Crippen LogP contribution in [0.25, 0.3) is 0 Å². The zero-order valence-corrected chi connectivity index (χ0v) is 13.8. The van der Waals surface area contributed by atoms with Crippen molar-refractivity contribution in [2.24, 2.45) is 0 Å². The third kappa shape index (κ3) is 3.10. The fourth-order valence-corrected chi connectivity index (χ4v) is 2.27. The van der Waals surface area contributed by atoms with Crippen molar-refractivity contribution in [3.63, 3.8) is 0 Å². The van der Waals surface area contributed by atoms with Crippen molar-refractivity contribution in [3.8, 4) is 0 Å². The van der Waals surface area contributed by atoms with Gasteiger partial charge >= 0.3 is 13.1 Å². The molecule has 0 atom stereocenters. The first-order chi connectivity index (χ1) is 9.68. The van der Waals surface area contributed by atoms with Gasteiger partial charge in [-0.2, -0.15) is 0 Å². The van der Waals surface area contributed by atoms with Gasteiger partial charge in [0.05, 0.1) is 23.4 Å². The van der Waals surface area contributed by atoms with Gasteiger partial charge < -0.3 is 14.0 Å². The fourth-order valence-electron chi connectivity index (χ4n) is 2.09. The summed E-state index contributed by atoms with van der Waals surface area (Å²) in [6.45, 7) is 9.92. The highest BCUT2D eigenvalue weighted by Crippen LogP contribution is 2.36. The molecular formula is C15H20BClO4. The van der Waals surface area contributed by atoms with E-state index in [4.69, 9.17) is 25.6 Å². The SMILES string of the molecule is CCOC(=O)c1ccc(Cl)cc1B1OC(C)(C)C(C)(C)O1. The number of ether oxygens (including phenoxy) is 1. The molecule has 1 aliphatic rings. The van der Waals surface area contributed by atoms with Crippen molar-refractivity contribution in [2.45, 2.75) is 45.8 Å². The summed E-state index contributed by atoms with van der Waals surface area (Å²) in [5.74, 6) is -0.404. The van der Waals surface area contributed by atoms with E-state index in [1.165, 1.54) is 0 Å². The molecule has 1 fully saturated rings. The summed E-state index contributed by atoms with van der Waals surface area (Å²) >= 11 is 6.06. The van der Waals surface area contributed by atoms with Crippen LogP contribution in [0.1, 0.15) is 45.0 Å². The Bertz CT molecular complexity index is 541. The van der Waals surface area contributed by atoms with Crippen LogP contribution in [0.5, 0.6) is 0 Å². The van der Waals surface area contributed by atoms with Crippen LogP contribution < -0.4 is 5.46 Å². The van der Waals surface area contributed by atoms with Crippen molar-refractivity contribution >= 4 is 30.2 Å². The summed E-state index contributed by atoms with van der Waals surface area (Å²) in [4.78, 5) is 12.1. The quantitative estimate of drug-likeness (QED) is 0.636.